The predicted octanol–water partition coefficient (Wildman–Crippen LogP) is 6.61. The van der Waals surface area contributed by atoms with Gasteiger partial charge in [-0.3, -0.25) is 9.78 Å². The molecular weight excluding hydrogens is 489 g/mol. The number of piperazine rings is 1. The average molecular weight is 511 g/mol. The van der Waals surface area contributed by atoms with Crippen molar-refractivity contribution in [1.29, 1.82) is 0 Å². The first kappa shape index (κ1) is 23.9. The molecule has 1 aliphatic rings. The normalized spacial score (nSPS) is 14.2. The average Bonchev–Trinajstić information content (AvgIpc) is 2.88. The molecule has 1 fully saturated rings. The lowest BCUT2D eigenvalue weighted by Crippen LogP contribution is -2.48. The molecule has 0 saturated carbocycles. The SMILES string of the molecule is O=C(c1ccccc1Nc1ccnc2cc(C(F)(F)F)ccc12)N1CCN(c2cccc(Cl)c2)CC1. The van der Waals surface area contributed by atoms with Gasteiger partial charge in [-0.15, -0.1) is 0 Å². The molecule has 0 bridgehead atoms. The van der Waals surface area contributed by atoms with Crippen molar-refractivity contribution in [2.24, 2.45) is 0 Å². The van der Waals surface area contributed by atoms with Crippen LogP contribution in [0.1, 0.15) is 15.9 Å². The summed E-state index contributed by atoms with van der Waals surface area (Å²) >= 11 is 6.12. The second kappa shape index (κ2) is 9.70. The number of para-hydroxylation sites is 1. The summed E-state index contributed by atoms with van der Waals surface area (Å²) < 4.78 is 39.4. The summed E-state index contributed by atoms with van der Waals surface area (Å²) in [4.78, 5) is 21.5. The highest BCUT2D eigenvalue weighted by molar-refractivity contribution is 6.30. The van der Waals surface area contributed by atoms with Crippen LogP contribution in [-0.4, -0.2) is 42.0 Å². The number of carbonyl (C=O) groups is 1. The number of amides is 1. The van der Waals surface area contributed by atoms with Gasteiger partial charge >= 0.3 is 6.18 Å². The number of carbonyl (C=O) groups excluding carboxylic acids is 1. The highest BCUT2D eigenvalue weighted by atomic mass is 35.5. The minimum Gasteiger partial charge on any atom is -0.368 e. The second-order valence-corrected chi connectivity index (χ2v) is 8.95. The van der Waals surface area contributed by atoms with E-state index >= 15 is 0 Å². The molecule has 1 aliphatic heterocycles. The molecule has 0 aliphatic carbocycles. The molecule has 0 unspecified atom stereocenters. The third-order valence-corrected chi connectivity index (χ3v) is 6.47. The molecule has 2 heterocycles. The summed E-state index contributed by atoms with van der Waals surface area (Å²) in [5.41, 5.74) is 2.12. The molecule has 5 nitrogen and oxygen atoms in total. The topological polar surface area (TPSA) is 48.5 Å². The number of hydrogen-bond acceptors (Lipinski definition) is 4. The molecule has 5 rings (SSSR count). The van der Waals surface area contributed by atoms with Gasteiger partial charge in [0.05, 0.1) is 22.3 Å². The summed E-state index contributed by atoms with van der Waals surface area (Å²) in [6.07, 6.45) is -3.00. The van der Waals surface area contributed by atoms with Crippen LogP contribution < -0.4 is 10.2 Å². The van der Waals surface area contributed by atoms with E-state index in [9.17, 15) is 18.0 Å². The standard InChI is InChI=1S/C27H22ClF3N4O/c28-19-4-3-5-20(17-19)34-12-14-35(15-13-34)26(36)22-6-1-2-7-23(22)33-24-10-11-32-25-16-18(27(29,30)31)8-9-21(24)25/h1-11,16-17H,12-15H2,(H,32,33). The summed E-state index contributed by atoms with van der Waals surface area (Å²) in [5.74, 6) is -0.110. The zero-order valence-electron chi connectivity index (χ0n) is 19.1. The number of aromatic nitrogens is 1. The first-order chi connectivity index (χ1) is 17.3. The van der Waals surface area contributed by atoms with Gasteiger partial charge in [-0.1, -0.05) is 35.9 Å². The molecule has 36 heavy (non-hydrogen) atoms. The summed E-state index contributed by atoms with van der Waals surface area (Å²) in [6.45, 7) is 2.46. The van der Waals surface area contributed by atoms with Gasteiger partial charge in [-0.05, 0) is 48.5 Å². The third kappa shape index (κ3) is 4.95. The maximum atomic E-state index is 13.4. The van der Waals surface area contributed by atoms with Gasteiger partial charge in [-0.2, -0.15) is 13.2 Å². The van der Waals surface area contributed by atoms with Crippen molar-refractivity contribution in [3.8, 4) is 0 Å². The molecule has 9 heteroatoms. The summed E-state index contributed by atoms with van der Waals surface area (Å²) in [5, 5.41) is 4.44. The van der Waals surface area contributed by atoms with Gasteiger partial charge in [0.15, 0.2) is 0 Å². The quantitative estimate of drug-likeness (QED) is 0.335. The Morgan fingerprint density at radius 1 is 0.889 bits per heavy atom. The van der Waals surface area contributed by atoms with Crippen LogP contribution in [0, 0.1) is 0 Å². The Morgan fingerprint density at radius 2 is 1.67 bits per heavy atom. The molecule has 1 N–H and O–H groups in total. The molecule has 1 saturated heterocycles. The summed E-state index contributed by atoms with van der Waals surface area (Å²) in [6, 6.07) is 19.9. The van der Waals surface area contributed by atoms with Crippen LogP contribution in [0.5, 0.6) is 0 Å². The van der Waals surface area contributed by atoms with Gasteiger partial charge in [0, 0.05) is 54.2 Å². The van der Waals surface area contributed by atoms with Crippen LogP contribution in [-0.2, 0) is 6.18 Å². The van der Waals surface area contributed by atoms with Crippen molar-refractivity contribution in [3.63, 3.8) is 0 Å². The van der Waals surface area contributed by atoms with Crippen LogP contribution >= 0.6 is 11.6 Å². The van der Waals surface area contributed by atoms with Crippen LogP contribution in [0.3, 0.4) is 0 Å². The number of benzene rings is 3. The Kier molecular flexibility index (Phi) is 6.45. The molecule has 4 aromatic rings. The Hall–Kier alpha value is -3.78. The van der Waals surface area contributed by atoms with E-state index in [0.29, 0.717) is 53.5 Å². The molecule has 3 aromatic carbocycles. The van der Waals surface area contributed by atoms with E-state index in [4.69, 9.17) is 11.6 Å². The van der Waals surface area contributed by atoms with Crippen molar-refractivity contribution in [1.82, 2.24) is 9.88 Å². The van der Waals surface area contributed by atoms with Crippen molar-refractivity contribution in [3.05, 3.63) is 95.1 Å². The number of halogens is 4. The highest BCUT2D eigenvalue weighted by Gasteiger charge is 2.31. The number of pyridine rings is 1. The van der Waals surface area contributed by atoms with E-state index in [1.165, 1.54) is 12.3 Å². The highest BCUT2D eigenvalue weighted by Crippen LogP contribution is 2.34. The van der Waals surface area contributed by atoms with E-state index in [0.717, 1.165) is 17.8 Å². The Labute approximate surface area is 211 Å². The molecule has 1 aromatic heterocycles. The molecule has 1 amide bonds. The van der Waals surface area contributed by atoms with Crippen molar-refractivity contribution < 1.29 is 18.0 Å². The van der Waals surface area contributed by atoms with E-state index in [1.54, 1.807) is 30.3 Å². The number of rotatable bonds is 4. The fourth-order valence-corrected chi connectivity index (χ4v) is 4.55. The zero-order chi connectivity index (χ0) is 25.3. The van der Waals surface area contributed by atoms with Gasteiger partial charge in [0.1, 0.15) is 0 Å². The molecule has 0 spiro atoms. The lowest BCUT2D eigenvalue weighted by atomic mass is 10.1. The minimum atomic E-state index is -4.45. The Balaban J connectivity index is 1.35. The van der Waals surface area contributed by atoms with E-state index in [1.807, 2.05) is 29.2 Å². The van der Waals surface area contributed by atoms with Gasteiger partial charge in [0.2, 0.25) is 0 Å². The fourth-order valence-electron chi connectivity index (χ4n) is 4.37. The van der Waals surface area contributed by atoms with Crippen LogP contribution in [0.25, 0.3) is 10.9 Å². The first-order valence-electron chi connectivity index (χ1n) is 11.4. The maximum Gasteiger partial charge on any atom is 0.416 e. The minimum absolute atomic E-state index is 0.110. The lowest BCUT2D eigenvalue weighted by molar-refractivity contribution is -0.137. The third-order valence-electron chi connectivity index (χ3n) is 6.24. The fraction of sp³-hybridized carbons (Fsp3) is 0.185. The van der Waals surface area contributed by atoms with Gasteiger partial charge < -0.3 is 15.1 Å². The van der Waals surface area contributed by atoms with Gasteiger partial charge in [0.25, 0.3) is 5.91 Å². The molecule has 0 radical (unpaired) electrons. The molecule has 0 atom stereocenters. The number of anilines is 3. The van der Waals surface area contributed by atoms with E-state index in [-0.39, 0.29) is 11.4 Å². The summed E-state index contributed by atoms with van der Waals surface area (Å²) in [7, 11) is 0. The van der Waals surface area contributed by atoms with Crippen LogP contribution in [0.15, 0.2) is 79.0 Å². The van der Waals surface area contributed by atoms with Crippen LogP contribution in [0.4, 0.5) is 30.2 Å². The van der Waals surface area contributed by atoms with E-state index in [2.05, 4.69) is 15.2 Å². The predicted molar refractivity (Wildman–Crippen MR) is 136 cm³/mol. The molecular formula is C27H22ClF3N4O. The first-order valence-corrected chi connectivity index (χ1v) is 11.8. The largest absolute Gasteiger partial charge is 0.416 e. The lowest BCUT2D eigenvalue weighted by Gasteiger charge is -2.36. The number of hydrogen-bond donors (Lipinski definition) is 1. The monoisotopic (exact) mass is 510 g/mol. The van der Waals surface area contributed by atoms with Crippen molar-refractivity contribution in [2.45, 2.75) is 6.18 Å². The van der Waals surface area contributed by atoms with E-state index < -0.39 is 11.7 Å². The zero-order valence-corrected chi connectivity index (χ0v) is 19.9. The Morgan fingerprint density at radius 3 is 2.42 bits per heavy atom. The number of fused-ring (bicyclic) bond motifs is 1. The number of alkyl halides is 3. The van der Waals surface area contributed by atoms with Crippen LogP contribution in [0.2, 0.25) is 5.02 Å². The Bertz CT molecular complexity index is 1420. The number of nitrogens with one attached hydrogen (secondary N) is 1. The van der Waals surface area contributed by atoms with Crippen molar-refractivity contribution in [2.75, 3.05) is 36.4 Å². The second-order valence-electron chi connectivity index (χ2n) is 8.52. The maximum absolute atomic E-state index is 13.4. The molecule has 184 valence electrons. The number of nitrogens with zero attached hydrogens (tertiary/aromatic N) is 3. The van der Waals surface area contributed by atoms with Crippen molar-refractivity contribution >= 4 is 45.5 Å². The van der Waals surface area contributed by atoms with Gasteiger partial charge in [-0.25, -0.2) is 0 Å². The smallest absolute Gasteiger partial charge is 0.368 e.